The summed E-state index contributed by atoms with van der Waals surface area (Å²) in [5.74, 6) is -1.64. The number of carbonyl (C=O) groups excluding carboxylic acids is 1. The molecule has 1 aliphatic rings. The largest absolute Gasteiger partial charge is 0.444 e. The molecule has 0 bridgehead atoms. The lowest BCUT2D eigenvalue weighted by atomic mass is 9.93. The summed E-state index contributed by atoms with van der Waals surface area (Å²) < 4.78 is 46.0. The van der Waals surface area contributed by atoms with Crippen molar-refractivity contribution >= 4 is 22.8 Å². The van der Waals surface area contributed by atoms with Gasteiger partial charge in [-0.1, -0.05) is 0 Å². The molecule has 1 aromatic heterocycles. The molecule has 7 nitrogen and oxygen atoms in total. The first-order valence-corrected chi connectivity index (χ1v) is 9.43. The smallest absolute Gasteiger partial charge is 0.407 e. The van der Waals surface area contributed by atoms with E-state index in [-0.39, 0.29) is 25.1 Å². The van der Waals surface area contributed by atoms with E-state index in [2.05, 4.69) is 15.3 Å². The second-order valence-electron chi connectivity index (χ2n) is 8.22. The van der Waals surface area contributed by atoms with Crippen molar-refractivity contribution < 1.29 is 22.7 Å². The lowest BCUT2D eigenvalue weighted by molar-refractivity contribution is -0.177. The number of alkyl carbamates (subject to hydrolysis) is 1. The number of fused-ring (bicyclic) bond motifs is 1. The highest BCUT2D eigenvalue weighted by Gasteiger charge is 2.45. The standard InChI is InChI=1S/C20H22F3N5O2/c1-19(2,3)30-18(29)27-14-8-13(20(21,22)23)10-28(11-14)15-5-4-12(9-24)16-17(15)26-7-6-25-16/h4-7,13-14H,8,10-11H2,1-3H3,(H,27,29). The molecule has 1 fully saturated rings. The second kappa shape index (κ2) is 7.97. The molecule has 2 unspecified atom stereocenters. The predicted octanol–water partition coefficient (Wildman–Crippen LogP) is 3.78. The minimum absolute atomic E-state index is 0.142. The first-order valence-electron chi connectivity index (χ1n) is 9.43. The van der Waals surface area contributed by atoms with Crippen LogP contribution < -0.4 is 10.2 Å². The fraction of sp³-hybridized carbons (Fsp3) is 0.500. The lowest BCUT2D eigenvalue weighted by Gasteiger charge is -2.40. The molecule has 2 aromatic rings. The highest BCUT2D eigenvalue weighted by Crippen LogP contribution is 2.37. The van der Waals surface area contributed by atoms with E-state index >= 15 is 0 Å². The topological polar surface area (TPSA) is 91.1 Å². The SMILES string of the molecule is CC(C)(C)OC(=O)NC1CC(C(F)(F)F)CN(c2ccc(C#N)c3nccnc23)C1. The van der Waals surface area contributed by atoms with Crippen molar-refractivity contribution in [3.05, 3.63) is 30.1 Å². The maximum atomic E-state index is 13.6. The van der Waals surface area contributed by atoms with E-state index in [4.69, 9.17) is 4.74 Å². The number of alkyl halides is 3. The number of nitrogens with zero attached hydrogens (tertiary/aromatic N) is 4. The summed E-state index contributed by atoms with van der Waals surface area (Å²) in [5, 5.41) is 11.8. The number of hydrogen-bond donors (Lipinski definition) is 1. The number of carbonyl (C=O) groups is 1. The van der Waals surface area contributed by atoms with Gasteiger partial charge in [0, 0.05) is 25.5 Å². The number of hydrogen-bond acceptors (Lipinski definition) is 6. The molecule has 1 amide bonds. The van der Waals surface area contributed by atoms with Gasteiger partial charge < -0.3 is 15.0 Å². The third kappa shape index (κ3) is 4.90. The molecule has 0 aliphatic carbocycles. The highest BCUT2D eigenvalue weighted by atomic mass is 19.4. The fourth-order valence-electron chi connectivity index (χ4n) is 3.50. The molecular weight excluding hydrogens is 399 g/mol. The Balaban J connectivity index is 1.93. The van der Waals surface area contributed by atoms with Crippen molar-refractivity contribution in [2.75, 3.05) is 18.0 Å². The first kappa shape index (κ1) is 21.6. The van der Waals surface area contributed by atoms with E-state index in [1.807, 2.05) is 6.07 Å². The van der Waals surface area contributed by atoms with Crippen LogP contribution in [-0.2, 0) is 4.74 Å². The van der Waals surface area contributed by atoms with E-state index in [0.29, 0.717) is 16.7 Å². The Morgan fingerprint density at radius 2 is 1.87 bits per heavy atom. The van der Waals surface area contributed by atoms with Crippen LogP contribution in [0.15, 0.2) is 24.5 Å². The van der Waals surface area contributed by atoms with E-state index in [1.54, 1.807) is 26.8 Å². The van der Waals surface area contributed by atoms with Gasteiger partial charge in [0.15, 0.2) is 0 Å². The third-order valence-corrected chi connectivity index (χ3v) is 4.70. The van der Waals surface area contributed by atoms with Gasteiger partial charge in [-0.05, 0) is 39.3 Å². The van der Waals surface area contributed by atoms with Gasteiger partial charge in [-0.2, -0.15) is 18.4 Å². The molecular formula is C20H22F3N5O2. The number of benzene rings is 1. The van der Waals surface area contributed by atoms with Crippen molar-refractivity contribution in [2.24, 2.45) is 5.92 Å². The van der Waals surface area contributed by atoms with Gasteiger partial charge in [0.25, 0.3) is 0 Å². The quantitative estimate of drug-likeness (QED) is 0.794. The van der Waals surface area contributed by atoms with Gasteiger partial charge in [-0.3, -0.25) is 9.97 Å². The van der Waals surface area contributed by atoms with Crippen LogP contribution >= 0.6 is 0 Å². The summed E-state index contributed by atoms with van der Waals surface area (Å²) in [6.45, 7) is 4.90. The average Bonchev–Trinajstić information content (AvgIpc) is 2.64. The Bertz CT molecular complexity index is 981. The summed E-state index contributed by atoms with van der Waals surface area (Å²) >= 11 is 0. The predicted molar refractivity (Wildman–Crippen MR) is 104 cm³/mol. The monoisotopic (exact) mass is 421 g/mol. The molecule has 0 saturated carbocycles. The maximum absolute atomic E-state index is 13.6. The number of nitrogens with one attached hydrogen (secondary N) is 1. The van der Waals surface area contributed by atoms with Gasteiger partial charge in [0.1, 0.15) is 22.7 Å². The molecule has 2 heterocycles. The second-order valence-corrected chi connectivity index (χ2v) is 8.22. The number of ether oxygens (including phenoxy) is 1. The van der Waals surface area contributed by atoms with Crippen molar-refractivity contribution in [3.8, 4) is 6.07 Å². The molecule has 1 aromatic carbocycles. The van der Waals surface area contributed by atoms with Crippen LogP contribution in [0.25, 0.3) is 11.0 Å². The number of amides is 1. The minimum Gasteiger partial charge on any atom is -0.444 e. The Morgan fingerprint density at radius 3 is 2.47 bits per heavy atom. The molecule has 0 radical (unpaired) electrons. The van der Waals surface area contributed by atoms with E-state index < -0.39 is 29.8 Å². The van der Waals surface area contributed by atoms with Crippen LogP contribution in [-0.4, -0.2) is 47.0 Å². The Kier molecular flexibility index (Phi) is 5.74. The zero-order valence-electron chi connectivity index (χ0n) is 16.8. The first-order chi connectivity index (χ1) is 14.0. The summed E-state index contributed by atoms with van der Waals surface area (Å²) in [7, 11) is 0. The molecule has 3 rings (SSSR count). The van der Waals surface area contributed by atoms with Crippen LogP contribution in [0.2, 0.25) is 0 Å². The number of piperidine rings is 1. The minimum atomic E-state index is -4.43. The van der Waals surface area contributed by atoms with Crippen LogP contribution in [0.1, 0.15) is 32.8 Å². The van der Waals surface area contributed by atoms with Gasteiger partial charge in [0.2, 0.25) is 0 Å². The van der Waals surface area contributed by atoms with Crippen LogP contribution in [0, 0.1) is 17.2 Å². The number of nitriles is 1. The summed E-state index contributed by atoms with van der Waals surface area (Å²) in [4.78, 5) is 22.1. The molecule has 2 atom stereocenters. The highest BCUT2D eigenvalue weighted by molar-refractivity contribution is 5.92. The Labute approximate surface area is 171 Å². The molecule has 30 heavy (non-hydrogen) atoms. The molecule has 1 N–H and O–H groups in total. The number of rotatable bonds is 2. The average molecular weight is 421 g/mol. The fourth-order valence-corrected chi connectivity index (χ4v) is 3.50. The molecule has 1 saturated heterocycles. The van der Waals surface area contributed by atoms with Crippen molar-refractivity contribution in [3.63, 3.8) is 0 Å². The van der Waals surface area contributed by atoms with Crippen LogP contribution in [0.5, 0.6) is 0 Å². The summed E-state index contributed by atoms with van der Waals surface area (Å²) in [5.41, 5.74) is 0.621. The van der Waals surface area contributed by atoms with E-state index in [1.165, 1.54) is 23.4 Å². The van der Waals surface area contributed by atoms with E-state index in [0.717, 1.165) is 0 Å². The third-order valence-electron chi connectivity index (χ3n) is 4.70. The van der Waals surface area contributed by atoms with Crippen molar-refractivity contribution in [1.82, 2.24) is 15.3 Å². The molecule has 160 valence electrons. The number of anilines is 1. The molecule has 0 spiro atoms. The number of aromatic nitrogens is 2. The van der Waals surface area contributed by atoms with Gasteiger partial charge in [-0.25, -0.2) is 4.79 Å². The lowest BCUT2D eigenvalue weighted by Crippen LogP contribution is -2.54. The number of halogens is 3. The zero-order chi connectivity index (χ0) is 22.1. The van der Waals surface area contributed by atoms with Gasteiger partial charge in [-0.15, -0.1) is 0 Å². The van der Waals surface area contributed by atoms with E-state index in [9.17, 15) is 23.2 Å². The van der Waals surface area contributed by atoms with Crippen molar-refractivity contribution in [2.45, 2.75) is 45.0 Å². The summed E-state index contributed by atoms with van der Waals surface area (Å²) in [6, 6.07) is 4.32. The Hall–Kier alpha value is -3.09. The van der Waals surface area contributed by atoms with Crippen LogP contribution in [0.4, 0.5) is 23.7 Å². The van der Waals surface area contributed by atoms with Gasteiger partial charge in [0.05, 0.1) is 23.2 Å². The molecule has 10 heteroatoms. The van der Waals surface area contributed by atoms with Gasteiger partial charge >= 0.3 is 12.3 Å². The zero-order valence-corrected chi connectivity index (χ0v) is 16.8. The molecule has 1 aliphatic heterocycles. The normalized spacial score (nSPS) is 20.0. The Morgan fingerprint density at radius 1 is 1.20 bits per heavy atom. The van der Waals surface area contributed by atoms with Crippen molar-refractivity contribution in [1.29, 1.82) is 5.26 Å². The maximum Gasteiger partial charge on any atom is 0.407 e. The summed E-state index contributed by atoms with van der Waals surface area (Å²) in [6.07, 6.45) is -2.59. The van der Waals surface area contributed by atoms with Crippen LogP contribution in [0.3, 0.4) is 0 Å².